The van der Waals surface area contributed by atoms with Crippen LogP contribution in [0.3, 0.4) is 0 Å². The summed E-state index contributed by atoms with van der Waals surface area (Å²) in [6, 6.07) is 4.51. The van der Waals surface area contributed by atoms with Gasteiger partial charge in [0.2, 0.25) is 0 Å². The number of likely N-dealkylation sites (tertiary alicyclic amines) is 1. The zero-order valence-electron chi connectivity index (χ0n) is 13.6. The normalized spacial score (nSPS) is 16.3. The smallest absolute Gasteiger partial charge is 0.410 e. The minimum Gasteiger partial charge on any atom is -0.444 e. The highest BCUT2D eigenvalue weighted by atomic mass is 35.5. The van der Waals surface area contributed by atoms with Gasteiger partial charge in [-0.2, -0.15) is 0 Å². The first-order chi connectivity index (χ1) is 10.7. The molecule has 1 aromatic rings. The minimum atomic E-state index is -0.797. The zero-order valence-corrected chi connectivity index (χ0v) is 14.3. The SMILES string of the molecule is CC(C)(C)OC(=O)N1CCC(c2ccc(C(=O)Cl)c(F)c2)CC1. The van der Waals surface area contributed by atoms with Crippen LogP contribution in [-0.4, -0.2) is 34.9 Å². The Morgan fingerprint density at radius 2 is 1.87 bits per heavy atom. The number of hydrogen-bond donors (Lipinski definition) is 0. The average molecular weight is 342 g/mol. The Morgan fingerprint density at radius 1 is 1.26 bits per heavy atom. The van der Waals surface area contributed by atoms with E-state index in [1.165, 1.54) is 12.1 Å². The lowest BCUT2D eigenvalue weighted by Gasteiger charge is -2.33. The van der Waals surface area contributed by atoms with Crippen molar-refractivity contribution in [2.45, 2.75) is 45.1 Å². The van der Waals surface area contributed by atoms with Crippen molar-refractivity contribution in [2.24, 2.45) is 0 Å². The predicted octanol–water partition coefficient (Wildman–Crippen LogP) is 4.32. The van der Waals surface area contributed by atoms with Crippen LogP contribution in [0.5, 0.6) is 0 Å². The van der Waals surface area contributed by atoms with Crippen molar-refractivity contribution in [1.29, 1.82) is 0 Å². The first kappa shape index (κ1) is 17.7. The largest absolute Gasteiger partial charge is 0.444 e. The number of halogens is 2. The van der Waals surface area contributed by atoms with Crippen LogP contribution in [0.25, 0.3) is 0 Å². The van der Waals surface area contributed by atoms with Gasteiger partial charge in [0, 0.05) is 13.1 Å². The topological polar surface area (TPSA) is 46.6 Å². The maximum atomic E-state index is 13.9. The predicted molar refractivity (Wildman–Crippen MR) is 86.4 cm³/mol. The van der Waals surface area contributed by atoms with Crippen molar-refractivity contribution in [3.63, 3.8) is 0 Å². The molecule has 0 spiro atoms. The fourth-order valence-corrected chi connectivity index (χ4v) is 2.82. The molecule has 23 heavy (non-hydrogen) atoms. The molecule has 0 atom stereocenters. The lowest BCUT2D eigenvalue weighted by Crippen LogP contribution is -2.41. The number of rotatable bonds is 2. The van der Waals surface area contributed by atoms with Gasteiger partial charge in [0.05, 0.1) is 5.56 Å². The van der Waals surface area contributed by atoms with Gasteiger partial charge in [-0.05, 0) is 68.8 Å². The van der Waals surface area contributed by atoms with Crippen LogP contribution in [0.1, 0.15) is 55.5 Å². The Bertz CT molecular complexity index is 604. The fraction of sp³-hybridized carbons (Fsp3) is 0.529. The van der Waals surface area contributed by atoms with Crippen molar-refractivity contribution in [3.8, 4) is 0 Å². The van der Waals surface area contributed by atoms with Gasteiger partial charge in [0.15, 0.2) is 0 Å². The minimum absolute atomic E-state index is 0.110. The summed E-state index contributed by atoms with van der Waals surface area (Å²) < 4.78 is 19.2. The van der Waals surface area contributed by atoms with Gasteiger partial charge in [-0.25, -0.2) is 9.18 Å². The summed E-state index contributed by atoms with van der Waals surface area (Å²) in [5.74, 6) is -0.445. The first-order valence-electron chi connectivity index (χ1n) is 7.64. The van der Waals surface area contributed by atoms with E-state index in [2.05, 4.69) is 0 Å². The van der Waals surface area contributed by atoms with Crippen LogP contribution in [0.15, 0.2) is 18.2 Å². The Morgan fingerprint density at radius 3 is 2.35 bits per heavy atom. The lowest BCUT2D eigenvalue weighted by molar-refractivity contribution is 0.0204. The maximum Gasteiger partial charge on any atom is 0.410 e. The molecule has 1 aromatic carbocycles. The van der Waals surface area contributed by atoms with Crippen LogP contribution in [-0.2, 0) is 4.74 Å². The summed E-state index contributed by atoms with van der Waals surface area (Å²) in [6.45, 7) is 6.63. The van der Waals surface area contributed by atoms with Crippen molar-refractivity contribution in [1.82, 2.24) is 4.90 Å². The summed E-state index contributed by atoms with van der Waals surface area (Å²) in [5, 5.41) is -0.797. The molecular weight excluding hydrogens is 321 g/mol. The number of amides is 1. The number of hydrogen-bond acceptors (Lipinski definition) is 3. The van der Waals surface area contributed by atoms with Crippen molar-refractivity contribution >= 4 is 22.9 Å². The molecule has 0 N–H and O–H groups in total. The van der Waals surface area contributed by atoms with E-state index >= 15 is 0 Å². The molecular formula is C17H21ClFNO3. The molecule has 6 heteroatoms. The molecule has 0 aliphatic carbocycles. The molecule has 0 saturated carbocycles. The van der Waals surface area contributed by atoms with Crippen LogP contribution < -0.4 is 0 Å². The lowest BCUT2D eigenvalue weighted by atomic mass is 9.89. The van der Waals surface area contributed by atoms with E-state index in [0.29, 0.717) is 13.1 Å². The van der Waals surface area contributed by atoms with Gasteiger partial charge >= 0.3 is 6.09 Å². The molecule has 1 aliphatic heterocycles. The third-order valence-corrected chi connectivity index (χ3v) is 4.03. The Kier molecular flexibility index (Phi) is 5.30. The van der Waals surface area contributed by atoms with Crippen molar-refractivity contribution < 1.29 is 18.7 Å². The fourth-order valence-electron chi connectivity index (χ4n) is 2.67. The zero-order chi connectivity index (χ0) is 17.2. The van der Waals surface area contributed by atoms with Gasteiger partial charge in [-0.1, -0.05) is 6.07 Å². The third-order valence-electron chi connectivity index (χ3n) is 3.82. The Balaban J connectivity index is 1.98. The second-order valence-corrected chi connectivity index (χ2v) is 7.10. The molecule has 0 unspecified atom stereocenters. The molecule has 0 radical (unpaired) electrons. The second kappa shape index (κ2) is 6.87. The number of benzene rings is 1. The van der Waals surface area contributed by atoms with E-state index in [9.17, 15) is 14.0 Å². The molecule has 1 heterocycles. The van der Waals surface area contributed by atoms with Crippen LogP contribution in [0.2, 0.25) is 0 Å². The van der Waals surface area contributed by atoms with Crippen LogP contribution in [0, 0.1) is 5.82 Å². The second-order valence-electron chi connectivity index (χ2n) is 6.75. The summed E-state index contributed by atoms with van der Waals surface area (Å²) in [4.78, 5) is 24.8. The van der Waals surface area contributed by atoms with E-state index in [1.807, 2.05) is 20.8 Å². The van der Waals surface area contributed by atoms with E-state index in [4.69, 9.17) is 16.3 Å². The molecule has 1 saturated heterocycles. The molecule has 4 nitrogen and oxygen atoms in total. The molecule has 2 rings (SSSR count). The van der Waals surface area contributed by atoms with Crippen molar-refractivity contribution in [3.05, 3.63) is 35.1 Å². The molecule has 126 valence electrons. The summed E-state index contributed by atoms with van der Waals surface area (Å²) >= 11 is 5.32. The van der Waals surface area contributed by atoms with E-state index in [-0.39, 0.29) is 17.6 Å². The van der Waals surface area contributed by atoms with Crippen LogP contribution in [0.4, 0.5) is 9.18 Å². The highest BCUT2D eigenvalue weighted by Gasteiger charge is 2.27. The summed E-state index contributed by atoms with van der Waals surface area (Å²) in [5.41, 5.74) is 0.204. The van der Waals surface area contributed by atoms with E-state index < -0.39 is 16.7 Å². The number of carbonyl (C=O) groups excluding carboxylic acids is 2. The van der Waals surface area contributed by atoms with Gasteiger partial charge in [0.25, 0.3) is 5.24 Å². The molecule has 1 amide bonds. The number of nitrogens with zero attached hydrogens (tertiary/aromatic N) is 1. The summed E-state index contributed by atoms with van der Waals surface area (Å²) in [7, 11) is 0. The third kappa shape index (κ3) is 4.67. The van der Waals surface area contributed by atoms with Crippen molar-refractivity contribution in [2.75, 3.05) is 13.1 Å². The Hall–Kier alpha value is -1.62. The average Bonchev–Trinajstić information content (AvgIpc) is 2.45. The number of piperidine rings is 1. The first-order valence-corrected chi connectivity index (χ1v) is 8.02. The summed E-state index contributed by atoms with van der Waals surface area (Å²) in [6.07, 6.45) is 1.14. The highest BCUT2D eigenvalue weighted by Crippen LogP contribution is 2.30. The number of ether oxygens (including phenoxy) is 1. The van der Waals surface area contributed by atoms with E-state index in [1.54, 1.807) is 11.0 Å². The quantitative estimate of drug-likeness (QED) is 0.753. The Labute approximate surface area is 140 Å². The number of carbonyl (C=O) groups is 2. The standard InChI is InChI=1S/C17H21ClFNO3/c1-17(2,3)23-16(22)20-8-6-11(7-9-20)12-4-5-13(15(18)21)14(19)10-12/h4-5,10-11H,6-9H2,1-3H3. The molecule has 0 bridgehead atoms. The monoisotopic (exact) mass is 341 g/mol. The molecule has 1 fully saturated rings. The van der Waals surface area contributed by atoms with Crippen LogP contribution >= 0.6 is 11.6 Å². The molecule has 1 aliphatic rings. The van der Waals surface area contributed by atoms with Gasteiger partial charge in [-0.3, -0.25) is 4.79 Å². The van der Waals surface area contributed by atoms with Gasteiger partial charge < -0.3 is 9.64 Å². The van der Waals surface area contributed by atoms with E-state index in [0.717, 1.165) is 18.4 Å². The van der Waals surface area contributed by atoms with Gasteiger partial charge in [0.1, 0.15) is 11.4 Å². The van der Waals surface area contributed by atoms with Gasteiger partial charge in [-0.15, -0.1) is 0 Å². The molecule has 0 aromatic heterocycles. The maximum absolute atomic E-state index is 13.9. The highest BCUT2D eigenvalue weighted by molar-refractivity contribution is 6.67.